The Morgan fingerprint density at radius 3 is 2.72 bits per heavy atom. The highest BCUT2D eigenvalue weighted by molar-refractivity contribution is 5.77. The van der Waals surface area contributed by atoms with Gasteiger partial charge in [0.15, 0.2) is 0 Å². The minimum Gasteiger partial charge on any atom is -0.326 e. The molecule has 0 spiro atoms. The van der Waals surface area contributed by atoms with Crippen molar-refractivity contribution in [1.29, 1.82) is 0 Å². The summed E-state index contributed by atoms with van der Waals surface area (Å²) in [5.74, 6) is 2.21. The summed E-state index contributed by atoms with van der Waals surface area (Å²) in [5.41, 5.74) is 9.35. The van der Waals surface area contributed by atoms with Gasteiger partial charge in [-0.15, -0.1) is 0 Å². The van der Waals surface area contributed by atoms with E-state index in [-0.39, 0.29) is 0 Å². The van der Waals surface area contributed by atoms with Crippen LogP contribution in [0.15, 0.2) is 18.2 Å². The van der Waals surface area contributed by atoms with Gasteiger partial charge in [0.25, 0.3) is 0 Å². The van der Waals surface area contributed by atoms with Crippen LogP contribution in [0.1, 0.15) is 43.1 Å². The van der Waals surface area contributed by atoms with Gasteiger partial charge in [-0.1, -0.05) is 6.07 Å². The SMILES string of the molecule is NCc1ccc2c(c1)nc(CC1CC1)n2C1CC1. The van der Waals surface area contributed by atoms with Gasteiger partial charge in [0.05, 0.1) is 11.0 Å². The quantitative estimate of drug-likeness (QED) is 0.894. The summed E-state index contributed by atoms with van der Waals surface area (Å²) in [6.45, 7) is 0.601. The van der Waals surface area contributed by atoms with Gasteiger partial charge >= 0.3 is 0 Å². The van der Waals surface area contributed by atoms with Crippen molar-refractivity contribution in [2.75, 3.05) is 0 Å². The highest BCUT2D eigenvalue weighted by Gasteiger charge is 2.31. The number of imidazole rings is 1. The van der Waals surface area contributed by atoms with E-state index in [9.17, 15) is 0 Å². The molecule has 2 aromatic rings. The van der Waals surface area contributed by atoms with Gasteiger partial charge < -0.3 is 10.3 Å². The van der Waals surface area contributed by atoms with E-state index in [0.29, 0.717) is 12.6 Å². The van der Waals surface area contributed by atoms with E-state index >= 15 is 0 Å². The van der Waals surface area contributed by atoms with E-state index in [1.54, 1.807) is 0 Å². The third-order valence-electron chi connectivity index (χ3n) is 4.14. The average Bonchev–Trinajstić information content (AvgIpc) is 3.28. The van der Waals surface area contributed by atoms with Gasteiger partial charge in [-0.25, -0.2) is 4.98 Å². The first-order chi connectivity index (χ1) is 8.85. The lowest BCUT2D eigenvalue weighted by Crippen LogP contribution is -2.02. The molecule has 2 aliphatic rings. The number of hydrogen-bond donors (Lipinski definition) is 1. The standard InChI is InChI=1S/C15H19N3/c16-9-11-3-6-14-13(7-11)17-15(8-10-1-2-10)18(14)12-4-5-12/h3,6-7,10,12H,1-2,4-5,8-9,16H2. The highest BCUT2D eigenvalue weighted by Crippen LogP contribution is 2.41. The number of nitrogens with zero attached hydrogens (tertiary/aromatic N) is 2. The van der Waals surface area contributed by atoms with Crippen LogP contribution in [-0.4, -0.2) is 9.55 Å². The second-order valence-electron chi connectivity index (χ2n) is 5.80. The Morgan fingerprint density at radius 2 is 2.06 bits per heavy atom. The van der Waals surface area contributed by atoms with Crippen LogP contribution in [0.2, 0.25) is 0 Å². The van der Waals surface area contributed by atoms with Crippen molar-refractivity contribution in [1.82, 2.24) is 9.55 Å². The number of fused-ring (bicyclic) bond motifs is 1. The predicted molar refractivity (Wildman–Crippen MR) is 72.3 cm³/mol. The third-order valence-corrected chi connectivity index (χ3v) is 4.14. The van der Waals surface area contributed by atoms with E-state index in [0.717, 1.165) is 11.4 Å². The van der Waals surface area contributed by atoms with Crippen molar-refractivity contribution in [3.05, 3.63) is 29.6 Å². The van der Waals surface area contributed by atoms with E-state index in [4.69, 9.17) is 10.7 Å². The molecule has 1 aromatic heterocycles. The lowest BCUT2D eigenvalue weighted by atomic mass is 10.2. The molecular weight excluding hydrogens is 222 g/mol. The van der Waals surface area contributed by atoms with Crippen LogP contribution in [0, 0.1) is 5.92 Å². The summed E-state index contributed by atoms with van der Waals surface area (Å²) in [4.78, 5) is 4.87. The molecule has 3 heteroatoms. The Morgan fingerprint density at radius 1 is 1.22 bits per heavy atom. The summed E-state index contributed by atoms with van der Waals surface area (Å²) in [6.07, 6.45) is 6.59. The minimum atomic E-state index is 0.601. The van der Waals surface area contributed by atoms with Crippen molar-refractivity contribution < 1.29 is 0 Å². The molecule has 94 valence electrons. The van der Waals surface area contributed by atoms with E-state index in [1.807, 2.05) is 0 Å². The van der Waals surface area contributed by atoms with Gasteiger partial charge in [0.2, 0.25) is 0 Å². The largest absolute Gasteiger partial charge is 0.326 e. The van der Waals surface area contributed by atoms with E-state index in [1.165, 1.54) is 49.0 Å². The molecule has 2 N–H and O–H groups in total. The fourth-order valence-corrected chi connectivity index (χ4v) is 2.79. The molecule has 0 amide bonds. The second-order valence-corrected chi connectivity index (χ2v) is 5.80. The normalized spacial score (nSPS) is 19.6. The smallest absolute Gasteiger partial charge is 0.110 e. The Balaban J connectivity index is 1.84. The molecule has 1 aromatic carbocycles. The average molecular weight is 241 g/mol. The Labute approximate surface area is 107 Å². The maximum absolute atomic E-state index is 5.71. The Hall–Kier alpha value is -1.35. The Bertz CT molecular complexity index is 591. The van der Waals surface area contributed by atoms with Crippen LogP contribution in [-0.2, 0) is 13.0 Å². The zero-order chi connectivity index (χ0) is 12.1. The first-order valence-corrected chi connectivity index (χ1v) is 7.05. The first-order valence-electron chi connectivity index (χ1n) is 7.05. The van der Waals surface area contributed by atoms with Crippen LogP contribution >= 0.6 is 0 Å². The zero-order valence-electron chi connectivity index (χ0n) is 10.6. The van der Waals surface area contributed by atoms with Crippen LogP contribution in [0.5, 0.6) is 0 Å². The maximum Gasteiger partial charge on any atom is 0.110 e. The summed E-state index contributed by atoms with van der Waals surface area (Å²) < 4.78 is 2.49. The van der Waals surface area contributed by atoms with E-state index in [2.05, 4.69) is 22.8 Å². The van der Waals surface area contributed by atoms with Crippen molar-refractivity contribution in [2.24, 2.45) is 11.7 Å². The van der Waals surface area contributed by atoms with Crippen molar-refractivity contribution >= 4 is 11.0 Å². The molecule has 0 atom stereocenters. The fourth-order valence-electron chi connectivity index (χ4n) is 2.79. The number of hydrogen-bond acceptors (Lipinski definition) is 2. The molecule has 0 radical (unpaired) electrons. The predicted octanol–water partition coefficient (Wildman–Crippen LogP) is 2.78. The zero-order valence-corrected chi connectivity index (χ0v) is 10.6. The van der Waals surface area contributed by atoms with Crippen LogP contribution in [0.4, 0.5) is 0 Å². The molecule has 2 saturated carbocycles. The second kappa shape index (κ2) is 3.82. The molecule has 0 bridgehead atoms. The molecule has 2 aliphatic carbocycles. The monoisotopic (exact) mass is 241 g/mol. The molecule has 2 fully saturated rings. The van der Waals surface area contributed by atoms with Crippen molar-refractivity contribution in [3.63, 3.8) is 0 Å². The van der Waals surface area contributed by atoms with Crippen LogP contribution in [0.25, 0.3) is 11.0 Å². The van der Waals surface area contributed by atoms with Gasteiger partial charge in [0, 0.05) is 19.0 Å². The summed E-state index contributed by atoms with van der Waals surface area (Å²) >= 11 is 0. The lowest BCUT2D eigenvalue weighted by Gasteiger charge is -2.06. The van der Waals surface area contributed by atoms with Gasteiger partial charge in [-0.05, 0) is 49.3 Å². The summed E-state index contributed by atoms with van der Waals surface area (Å²) in [6, 6.07) is 7.22. The van der Waals surface area contributed by atoms with Gasteiger partial charge in [-0.3, -0.25) is 0 Å². The Kier molecular flexibility index (Phi) is 2.24. The van der Waals surface area contributed by atoms with Gasteiger partial charge in [0.1, 0.15) is 5.82 Å². The highest BCUT2D eigenvalue weighted by atomic mass is 15.1. The summed E-state index contributed by atoms with van der Waals surface area (Å²) in [7, 11) is 0. The molecule has 18 heavy (non-hydrogen) atoms. The number of rotatable bonds is 4. The molecular formula is C15H19N3. The minimum absolute atomic E-state index is 0.601. The molecule has 1 heterocycles. The molecule has 0 saturated heterocycles. The molecule has 4 rings (SSSR count). The van der Waals surface area contributed by atoms with Crippen molar-refractivity contribution in [3.8, 4) is 0 Å². The molecule has 3 nitrogen and oxygen atoms in total. The number of nitrogens with two attached hydrogens (primary N) is 1. The van der Waals surface area contributed by atoms with Crippen LogP contribution < -0.4 is 5.73 Å². The fraction of sp³-hybridized carbons (Fsp3) is 0.533. The van der Waals surface area contributed by atoms with Crippen LogP contribution in [0.3, 0.4) is 0 Å². The first kappa shape index (κ1) is 10.6. The number of aromatic nitrogens is 2. The van der Waals surface area contributed by atoms with Crippen molar-refractivity contribution in [2.45, 2.75) is 44.7 Å². The van der Waals surface area contributed by atoms with Gasteiger partial charge in [-0.2, -0.15) is 0 Å². The maximum atomic E-state index is 5.71. The summed E-state index contributed by atoms with van der Waals surface area (Å²) in [5, 5.41) is 0. The molecule has 0 unspecified atom stereocenters. The lowest BCUT2D eigenvalue weighted by molar-refractivity contribution is 0.664. The topological polar surface area (TPSA) is 43.8 Å². The number of benzene rings is 1. The third kappa shape index (κ3) is 1.74. The van der Waals surface area contributed by atoms with E-state index < -0.39 is 0 Å². The molecule has 0 aliphatic heterocycles.